The van der Waals surface area contributed by atoms with Crippen molar-refractivity contribution < 1.29 is 9.53 Å². The second-order valence-corrected chi connectivity index (χ2v) is 5.06. The lowest BCUT2D eigenvalue weighted by Gasteiger charge is -2.08. The SMILES string of the molecule is COc1c(C(=O)c2ccc(-n3cncn3)nc2C)c(C)nn1C. The van der Waals surface area contributed by atoms with E-state index in [-0.39, 0.29) is 5.78 Å². The summed E-state index contributed by atoms with van der Waals surface area (Å²) in [4.78, 5) is 21.2. The predicted molar refractivity (Wildman–Crippen MR) is 81.8 cm³/mol. The predicted octanol–water partition coefficient (Wildman–Crippen LogP) is 1.25. The van der Waals surface area contributed by atoms with Crippen molar-refractivity contribution in [1.82, 2.24) is 29.5 Å². The van der Waals surface area contributed by atoms with Crippen LogP contribution in [0.1, 0.15) is 27.3 Å². The van der Waals surface area contributed by atoms with Crippen LogP contribution >= 0.6 is 0 Å². The van der Waals surface area contributed by atoms with Gasteiger partial charge in [0.1, 0.15) is 18.2 Å². The summed E-state index contributed by atoms with van der Waals surface area (Å²) in [6.07, 6.45) is 2.98. The Morgan fingerprint density at radius 3 is 2.61 bits per heavy atom. The third kappa shape index (κ3) is 2.48. The maximum atomic E-state index is 12.9. The van der Waals surface area contributed by atoms with E-state index in [0.29, 0.717) is 34.2 Å². The molecule has 0 aromatic carbocycles. The largest absolute Gasteiger partial charge is 0.481 e. The number of rotatable bonds is 4. The number of carbonyl (C=O) groups is 1. The normalized spacial score (nSPS) is 10.8. The first kappa shape index (κ1) is 14.9. The number of ketones is 1. The first-order chi connectivity index (χ1) is 11.0. The number of hydrogen-bond acceptors (Lipinski definition) is 6. The molecule has 23 heavy (non-hydrogen) atoms. The molecule has 0 N–H and O–H groups in total. The highest BCUT2D eigenvalue weighted by molar-refractivity contribution is 6.11. The zero-order valence-electron chi connectivity index (χ0n) is 13.3. The smallest absolute Gasteiger partial charge is 0.223 e. The van der Waals surface area contributed by atoms with Crippen molar-refractivity contribution in [3.05, 3.63) is 47.3 Å². The van der Waals surface area contributed by atoms with Gasteiger partial charge in [-0.3, -0.25) is 4.79 Å². The lowest BCUT2D eigenvalue weighted by Crippen LogP contribution is -2.09. The van der Waals surface area contributed by atoms with Gasteiger partial charge < -0.3 is 4.74 Å². The molecule has 0 aliphatic heterocycles. The van der Waals surface area contributed by atoms with Crippen molar-refractivity contribution in [3.63, 3.8) is 0 Å². The zero-order chi connectivity index (χ0) is 16.6. The van der Waals surface area contributed by atoms with Crippen LogP contribution in [0.4, 0.5) is 0 Å². The second kappa shape index (κ2) is 5.64. The summed E-state index contributed by atoms with van der Waals surface area (Å²) in [5.74, 6) is 0.876. The highest BCUT2D eigenvalue weighted by Gasteiger charge is 2.24. The minimum atomic E-state index is -0.164. The molecule has 3 rings (SSSR count). The number of ether oxygens (including phenoxy) is 1. The van der Waals surface area contributed by atoms with E-state index in [2.05, 4.69) is 20.2 Å². The number of aryl methyl sites for hydroxylation is 3. The topological polar surface area (TPSA) is 87.7 Å². The minimum absolute atomic E-state index is 0.164. The number of hydrogen-bond donors (Lipinski definition) is 0. The first-order valence-electron chi connectivity index (χ1n) is 6.98. The van der Waals surface area contributed by atoms with Gasteiger partial charge in [0.25, 0.3) is 0 Å². The van der Waals surface area contributed by atoms with Crippen molar-refractivity contribution in [1.29, 1.82) is 0 Å². The molecule has 0 atom stereocenters. The fraction of sp³-hybridized carbons (Fsp3) is 0.267. The van der Waals surface area contributed by atoms with Crippen LogP contribution in [0.25, 0.3) is 5.82 Å². The molecule has 118 valence electrons. The third-order valence-electron chi connectivity index (χ3n) is 3.56. The van der Waals surface area contributed by atoms with Gasteiger partial charge in [-0.15, -0.1) is 0 Å². The Hall–Kier alpha value is -3.03. The molecule has 0 radical (unpaired) electrons. The number of pyridine rings is 1. The van der Waals surface area contributed by atoms with E-state index in [1.165, 1.54) is 18.1 Å². The van der Waals surface area contributed by atoms with E-state index in [1.807, 2.05) is 0 Å². The van der Waals surface area contributed by atoms with E-state index in [1.54, 1.807) is 44.0 Å². The number of carbonyl (C=O) groups excluding carboxylic acids is 1. The number of aromatic nitrogens is 6. The van der Waals surface area contributed by atoms with Gasteiger partial charge in [-0.1, -0.05) is 0 Å². The van der Waals surface area contributed by atoms with Crippen molar-refractivity contribution in [2.45, 2.75) is 13.8 Å². The molecule has 8 nitrogen and oxygen atoms in total. The maximum Gasteiger partial charge on any atom is 0.223 e. The second-order valence-electron chi connectivity index (χ2n) is 5.06. The summed E-state index contributed by atoms with van der Waals surface area (Å²) in [6, 6.07) is 3.46. The lowest BCUT2D eigenvalue weighted by atomic mass is 10.0. The number of nitrogens with zero attached hydrogens (tertiary/aromatic N) is 6. The van der Waals surface area contributed by atoms with Gasteiger partial charge in [0.05, 0.1) is 18.5 Å². The quantitative estimate of drug-likeness (QED) is 0.674. The fourth-order valence-electron chi connectivity index (χ4n) is 2.51. The van der Waals surface area contributed by atoms with Crippen LogP contribution in [0.5, 0.6) is 5.88 Å². The Morgan fingerprint density at radius 1 is 1.22 bits per heavy atom. The summed E-state index contributed by atoms with van der Waals surface area (Å²) >= 11 is 0. The van der Waals surface area contributed by atoms with Crippen LogP contribution in [0.3, 0.4) is 0 Å². The summed E-state index contributed by atoms with van der Waals surface area (Å²) in [6.45, 7) is 3.56. The Labute approximate surface area is 132 Å². The molecule has 3 heterocycles. The molecule has 8 heteroatoms. The summed E-state index contributed by atoms with van der Waals surface area (Å²) in [7, 11) is 3.26. The van der Waals surface area contributed by atoms with Crippen molar-refractivity contribution >= 4 is 5.78 Å². The molecule has 3 aromatic heterocycles. The molecule has 0 aliphatic carbocycles. The Bertz CT molecular complexity index is 866. The van der Waals surface area contributed by atoms with Gasteiger partial charge in [0, 0.05) is 12.6 Å². The molecule has 0 bridgehead atoms. The van der Waals surface area contributed by atoms with Gasteiger partial charge in [-0.25, -0.2) is 19.3 Å². The molecule has 0 saturated heterocycles. The van der Waals surface area contributed by atoms with E-state index in [0.717, 1.165) is 0 Å². The van der Waals surface area contributed by atoms with Crippen LogP contribution < -0.4 is 4.74 Å². The van der Waals surface area contributed by atoms with Crippen LogP contribution in [0.2, 0.25) is 0 Å². The average Bonchev–Trinajstić information content (AvgIpc) is 3.14. The van der Waals surface area contributed by atoms with Crippen LogP contribution in [-0.2, 0) is 7.05 Å². The van der Waals surface area contributed by atoms with Gasteiger partial charge in [-0.2, -0.15) is 10.2 Å². The summed E-state index contributed by atoms with van der Waals surface area (Å²) < 4.78 is 8.39. The third-order valence-corrected chi connectivity index (χ3v) is 3.56. The van der Waals surface area contributed by atoms with Crippen LogP contribution in [0, 0.1) is 13.8 Å². The van der Waals surface area contributed by atoms with E-state index in [4.69, 9.17) is 4.74 Å². The fourth-order valence-corrected chi connectivity index (χ4v) is 2.51. The minimum Gasteiger partial charge on any atom is -0.481 e. The molecule has 0 unspecified atom stereocenters. The summed E-state index contributed by atoms with van der Waals surface area (Å²) in [5.41, 5.74) is 2.18. The van der Waals surface area contributed by atoms with Crippen molar-refractivity contribution in [2.75, 3.05) is 7.11 Å². The molecule has 0 saturated carbocycles. The van der Waals surface area contributed by atoms with E-state index in [9.17, 15) is 4.79 Å². The molecular formula is C15H16N6O2. The van der Waals surface area contributed by atoms with Gasteiger partial charge in [0.15, 0.2) is 5.82 Å². The summed E-state index contributed by atoms with van der Waals surface area (Å²) in [5, 5.41) is 8.27. The lowest BCUT2D eigenvalue weighted by molar-refractivity contribution is 0.103. The molecular weight excluding hydrogens is 296 g/mol. The van der Waals surface area contributed by atoms with Gasteiger partial charge in [-0.05, 0) is 26.0 Å². The molecule has 0 fully saturated rings. The molecule has 3 aromatic rings. The zero-order valence-corrected chi connectivity index (χ0v) is 13.3. The molecule has 0 aliphatic rings. The monoisotopic (exact) mass is 312 g/mol. The van der Waals surface area contributed by atoms with Gasteiger partial charge in [0.2, 0.25) is 11.7 Å². The Morgan fingerprint density at radius 2 is 2.00 bits per heavy atom. The van der Waals surface area contributed by atoms with Crippen molar-refractivity contribution in [3.8, 4) is 11.7 Å². The van der Waals surface area contributed by atoms with E-state index < -0.39 is 0 Å². The van der Waals surface area contributed by atoms with Crippen LogP contribution in [-0.4, -0.2) is 42.4 Å². The molecule has 0 spiro atoms. The Kier molecular flexibility index (Phi) is 3.65. The van der Waals surface area contributed by atoms with Gasteiger partial charge >= 0.3 is 0 Å². The Balaban J connectivity index is 2.04. The standard InChI is InChI=1S/C15H16N6O2/c1-9-11(5-6-12(18-9)21-8-16-7-17-21)14(22)13-10(2)19-20(3)15(13)23-4/h5-8H,1-4H3. The highest BCUT2D eigenvalue weighted by Crippen LogP contribution is 2.25. The van der Waals surface area contributed by atoms with Crippen molar-refractivity contribution in [2.24, 2.45) is 7.05 Å². The van der Waals surface area contributed by atoms with Crippen LogP contribution in [0.15, 0.2) is 24.8 Å². The number of methoxy groups -OCH3 is 1. The van der Waals surface area contributed by atoms with E-state index >= 15 is 0 Å². The molecule has 0 amide bonds. The average molecular weight is 312 g/mol. The first-order valence-corrected chi connectivity index (χ1v) is 6.98. The highest BCUT2D eigenvalue weighted by atomic mass is 16.5. The maximum absolute atomic E-state index is 12.9.